The lowest BCUT2D eigenvalue weighted by Crippen LogP contribution is -2.52. The van der Waals surface area contributed by atoms with Gasteiger partial charge in [0.15, 0.2) is 0 Å². The van der Waals surface area contributed by atoms with Crippen LogP contribution in [0.1, 0.15) is 35.2 Å². The molecule has 2 heterocycles. The van der Waals surface area contributed by atoms with Crippen LogP contribution in [0.3, 0.4) is 0 Å². The molecule has 4 amide bonds. The first kappa shape index (κ1) is 30.3. The molecule has 12 heteroatoms. The number of carboxylic acids is 1. The minimum Gasteiger partial charge on any atom is -0.478 e. The van der Waals surface area contributed by atoms with Crippen molar-refractivity contribution in [2.45, 2.75) is 44.1 Å². The van der Waals surface area contributed by atoms with Crippen molar-refractivity contribution in [1.29, 1.82) is 0 Å². The number of benzene rings is 3. The summed E-state index contributed by atoms with van der Waals surface area (Å²) in [6.07, 6.45) is 0.808. The number of nitrogens with zero attached hydrogens (tertiary/aromatic N) is 2. The summed E-state index contributed by atoms with van der Waals surface area (Å²) in [5.74, 6) is -2.04. The van der Waals surface area contributed by atoms with Crippen molar-refractivity contribution in [2.75, 3.05) is 23.7 Å². The number of rotatable bonds is 8. The number of halogens is 2. The highest BCUT2D eigenvalue weighted by atomic mass is 35.5. The van der Waals surface area contributed by atoms with E-state index in [0.717, 1.165) is 5.56 Å². The topological polar surface area (TPSA) is 128 Å². The number of para-hydroxylation sites is 1. The molecule has 0 radical (unpaired) electrons. The van der Waals surface area contributed by atoms with Crippen molar-refractivity contribution < 1.29 is 29.0 Å². The molecule has 10 nitrogen and oxygen atoms in total. The molecule has 0 aliphatic carbocycles. The molecule has 224 valence electrons. The largest absolute Gasteiger partial charge is 0.478 e. The fourth-order valence-electron chi connectivity index (χ4n) is 5.42. The molecule has 3 aromatic carbocycles. The Labute approximate surface area is 258 Å². The lowest BCUT2D eigenvalue weighted by Gasteiger charge is -2.31. The van der Waals surface area contributed by atoms with Gasteiger partial charge in [-0.15, -0.1) is 0 Å². The zero-order chi connectivity index (χ0) is 30.5. The lowest BCUT2D eigenvalue weighted by atomic mass is 10.1. The summed E-state index contributed by atoms with van der Waals surface area (Å²) >= 11 is 12.1. The lowest BCUT2D eigenvalue weighted by molar-refractivity contribution is -0.139. The van der Waals surface area contributed by atoms with Gasteiger partial charge in [-0.05, 0) is 48.7 Å². The van der Waals surface area contributed by atoms with Gasteiger partial charge in [0.25, 0.3) is 0 Å². The molecule has 5 rings (SSSR count). The standard InChI is InChI=1S/C31H30Cl2N4O6/c32-23-13-12-20(15-24(23)33)34-31(42)37-17-21(43-18-19-7-2-1-3-8-19)16-27(37)29(39)36-14-6-11-26(36)28(38)35-25-10-5-4-9-22(25)30(40)41/h1-5,7-10,12-13,15,21,26-27H,6,11,14,16-18H2,(H,34,42)(H,35,38)(H,40,41)/t21-,26+,27-/m1/s1. The van der Waals surface area contributed by atoms with Gasteiger partial charge in [-0.3, -0.25) is 9.59 Å². The van der Waals surface area contributed by atoms with Gasteiger partial charge in [0, 0.05) is 25.2 Å². The maximum Gasteiger partial charge on any atom is 0.337 e. The molecule has 2 saturated heterocycles. The fourth-order valence-corrected chi connectivity index (χ4v) is 5.72. The summed E-state index contributed by atoms with van der Waals surface area (Å²) in [7, 11) is 0. The van der Waals surface area contributed by atoms with Gasteiger partial charge in [0.05, 0.1) is 34.0 Å². The van der Waals surface area contributed by atoms with Crippen molar-refractivity contribution in [3.05, 3.63) is 94.0 Å². The first-order chi connectivity index (χ1) is 20.7. The Balaban J connectivity index is 1.33. The maximum atomic E-state index is 14.0. The number of carbonyl (C=O) groups excluding carboxylic acids is 3. The number of likely N-dealkylation sites (tertiary alicyclic amines) is 2. The minimum atomic E-state index is -1.17. The molecular formula is C31H30Cl2N4O6. The third-order valence-corrected chi connectivity index (χ3v) is 8.30. The summed E-state index contributed by atoms with van der Waals surface area (Å²) < 4.78 is 6.12. The second kappa shape index (κ2) is 13.5. The predicted octanol–water partition coefficient (Wildman–Crippen LogP) is 5.51. The van der Waals surface area contributed by atoms with Gasteiger partial charge in [-0.25, -0.2) is 9.59 Å². The van der Waals surface area contributed by atoms with Gasteiger partial charge in [0.1, 0.15) is 12.1 Å². The number of anilines is 2. The van der Waals surface area contributed by atoms with E-state index in [1.54, 1.807) is 24.3 Å². The minimum absolute atomic E-state index is 0.0499. The number of carboxylic acid groups (broad SMARTS) is 1. The molecule has 0 saturated carbocycles. The normalized spacial score (nSPS) is 19.7. The SMILES string of the molecule is O=C(O)c1ccccc1NC(=O)[C@@H]1CCCN1C(=O)[C@H]1C[C@@H](OCc2ccccc2)CN1C(=O)Nc1ccc(Cl)c(Cl)c1. The number of ether oxygens (including phenoxy) is 1. The summed E-state index contributed by atoms with van der Waals surface area (Å²) in [6.45, 7) is 0.797. The number of aromatic carboxylic acids is 1. The fraction of sp³-hybridized carbons (Fsp3) is 0.290. The van der Waals surface area contributed by atoms with Crippen LogP contribution in [-0.2, 0) is 20.9 Å². The number of amides is 4. The Morgan fingerprint density at radius 2 is 1.63 bits per heavy atom. The molecule has 2 fully saturated rings. The van der Waals surface area contributed by atoms with Crippen LogP contribution < -0.4 is 10.6 Å². The van der Waals surface area contributed by atoms with E-state index in [2.05, 4.69) is 10.6 Å². The van der Waals surface area contributed by atoms with Crippen molar-refractivity contribution >= 4 is 58.4 Å². The zero-order valence-electron chi connectivity index (χ0n) is 23.0. The monoisotopic (exact) mass is 624 g/mol. The Bertz CT molecular complexity index is 1520. The number of carbonyl (C=O) groups is 4. The molecule has 0 aromatic heterocycles. The van der Waals surface area contributed by atoms with E-state index in [1.165, 1.54) is 28.0 Å². The van der Waals surface area contributed by atoms with Crippen molar-refractivity contribution in [3.8, 4) is 0 Å². The summed E-state index contributed by atoms with van der Waals surface area (Å²) in [5.41, 5.74) is 1.47. The van der Waals surface area contributed by atoms with Crippen LogP contribution in [0.2, 0.25) is 10.0 Å². The maximum absolute atomic E-state index is 14.0. The molecule has 2 aliphatic heterocycles. The average molecular weight is 626 g/mol. The molecule has 0 unspecified atom stereocenters. The summed E-state index contributed by atoms with van der Waals surface area (Å²) in [4.78, 5) is 55.4. The van der Waals surface area contributed by atoms with Gasteiger partial charge in [0.2, 0.25) is 11.8 Å². The Hall–Kier alpha value is -4.12. The summed E-state index contributed by atoms with van der Waals surface area (Å²) in [5, 5.41) is 15.6. The molecule has 2 aliphatic rings. The van der Waals surface area contributed by atoms with Gasteiger partial charge in [-0.1, -0.05) is 65.7 Å². The number of hydrogen-bond acceptors (Lipinski definition) is 5. The van der Waals surface area contributed by atoms with Crippen molar-refractivity contribution in [2.24, 2.45) is 0 Å². The van der Waals surface area contributed by atoms with E-state index in [-0.39, 0.29) is 35.1 Å². The predicted molar refractivity (Wildman–Crippen MR) is 162 cm³/mol. The second-order valence-corrected chi connectivity index (χ2v) is 11.2. The van der Waals surface area contributed by atoms with Crippen LogP contribution in [0, 0.1) is 0 Å². The van der Waals surface area contributed by atoms with Crippen LogP contribution >= 0.6 is 23.2 Å². The molecule has 3 N–H and O–H groups in total. The van der Waals surface area contributed by atoms with Crippen LogP contribution in [-0.4, -0.2) is 70.0 Å². The first-order valence-electron chi connectivity index (χ1n) is 13.8. The third-order valence-electron chi connectivity index (χ3n) is 7.56. The molecule has 0 bridgehead atoms. The van der Waals surface area contributed by atoms with Crippen molar-refractivity contribution in [1.82, 2.24) is 9.80 Å². The van der Waals surface area contributed by atoms with Crippen LogP contribution in [0.15, 0.2) is 72.8 Å². The van der Waals surface area contributed by atoms with Gasteiger partial charge >= 0.3 is 12.0 Å². The quantitative estimate of drug-likeness (QED) is 0.303. The van der Waals surface area contributed by atoms with Crippen LogP contribution in [0.5, 0.6) is 0 Å². The Morgan fingerprint density at radius 3 is 2.37 bits per heavy atom. The highest BCUT2D eigenvalue weighted by Gasteiger charge is 2.45. The van der Waals surface area contributed by atoms with Gasteiger partial charge < -0.3 is 30.3 Å². The van der Waals surface area contributed by atoms with E-state index in [0.29, 0.717) is 36.7 Å². The van der Waals surface area contributed by atoms with Gasteiger partial charge in [-0.2, -0.15) is 0 Å². The molecule has 43 heavy (non-hydrogen) atoms. The molecular weight excluding hydrogens is 595 g/mol. The molecule has 3 aromatic rings. The molecule has 3 atom stereocenters. The third kappa shape index (κ3) is 7.10. The summed E-state index contributed by atoms with van der Waals surface area (Å²) in [6, 6.07) is 18.2. The second-order valence-electron chi connectivity index (χ2n) is 10.4. The van der Waals surface area contributed by atoms with Crippen LogP contribution in [0.25, 0.3) is 0 Å². The highest BCUT2D eigenvalue weighted by molar-refractivity contribution is 6.42. The first-order valence-corrected chi connectivity index (χ1v) is 14.6. The Morgan fingerprint density at radius 1 is 0.884 bits per heavy atom. The van der Waals surface area contributed by atoms with E-state index in [1.807, 2.05) is 30.3 Å². The van der Waals surface area contributed by atoms with Crippen LogP contribution in [0.4, 0.5) is 16.2 Å². The average Bonchev–Trinajstić information content (AvgIpc) is 3.67. The number of urea groups is 1. The van der Waals surface area contributed by atoms with E-state index in [9.17, 15) is 24.3 Å². The highest BCUT2D eigenvalue weighted by Crippen LogP contribution is 2.30. The Kier molecular flexibility index (Phi) is 9.49. The number of hydrogen-bond donors (Lipinski definition) is 3. The smallest absolute Gasteiger partial charge is 0.337 e. The zero-order valence-corrected chi connectivity index (χ0v) is 24.6. The molecule has 0 spiro atoms. The van der Waals surface area contributed by atoms with E-state index >= 15 is 0 Å². The van der Waals surface area contributed by atoms with E-state index < -0.39 is 36.1 Å². The number of nitrogens with one attached hydrogen (secondary N) is 2. The van der Waals surface area contributed by atoms with Crippen molar-refractivity contribution in [3.63, 3.8) is 0 Å². The van der Waals surface area contributed by atoms with E-state index in [4.69, 9.17) is 27.9 Å².